The first-order valence-corrected chi connectivity index (χ1v) is 11.6. The van der Waals surface area contributed by atoms with Crippen molar-refractivity contribution in [2.45, 2.75) is 61.3 Å². The summed E-state index contributed by atoms with van der Waals surface area (Å²) < 4.78 is 18.2. The molecule has 1 aromatic rings. The van der Waals surface area contributed by atoms with Crippen molar-refractivity contribution >= 4 is 6.09 Å². The minimum atomic E-state index is -1.00. The third kappa shape index (κ3) is 2.35. The number of carbonyl (C=O) groups is 1. The number of carbonyl (C=O) groups excluding carboxylic acids is 1. The number of ether oxygens (including phenoxy) is 3. The Bertz CT molecular complexity index is 1010. The normalized spacial score (nSPS) is 36.9. The zero-order chi connectivity index (χ0) is 22.3. The quantitative estimate of drug-likeness (QED) is 0.734. The van der Waals surface area contributed by atoms with Gasteiger partial charge in [-0.25, -0.2) is 4.79 Å². The number of likely N-dealkylation sites (N-methyl/N-ethyl adjacent to an activating group) is 1. The number of likely N-dealkylation sites (tertiary alicyclic amines) is 2. The van der Waals surface area contributed by atoms with Gasteiger partial charge in [0.25, 0.3) is 0 Å². The Labute approximate surface area is 187 Å². The fraction of sp³-hybridized carbons (Fsp3) is 0.625. The summed E-state index contributed by atoms with van der Waals surface area (Å²) >= 11 is 0. The van der Waals surface area contributed by atoms with E-state index >= 15 is 0 Å². The molecule has 5 aliphatic rings. The first-order valence-electron chi connectivity index (χ1n) is 11.6. The first-order chi connectivity index (χ1) is 15.4. The van der Waals surface area contributed by atoms with Crippen molar-refractivity contribution < 1.29 is 24.1 Å². The molecule has 1 amide bonds. The Kier molecular flexibility index (Phi) is 4.35. The predicted octanol–water partition coefficient (Wildman–Crippen LogP) is 1.53. The van der Waals surface area contributed by atoms with Gasteiger partial charge >= 0.3 is 6.09 Å². The zero-order valence-electron chi connectivity index (χ0n) is 18.7. The van der Waals surface area contributed by atoms with E-state index in [0.717, 1.165) is 37.8 Å². The third-order valence-electron chi connectivity index (χ3n) is 8.65. The average molecular weight is 442 g/mol. The lowest BCUT2D eigenvalue weighted by molar-refractivity contribution is -0.163. The lowest BCUT2D eigenvalue weighted by atomic mass is 9.50. The first kappa shape index (κ1) is 20.3. The molecule has 5 atom stereocenters. The van der Waals surface area contributed by atoms with E-state index in [4.69, 9.17) is 19.9 Å². The van der Waals surface area contributed by atoms with Crippen molar-refractivity contribution in [1.82, 2.24) is 9.80 Å². The van der Waals surface area contributed by atoms with Crippen LogP contribution in [0.1, 0.15) is 36.8 Å². The van der Waals surface area contributed by atoms with Gasteiger partial charge in [0, 0.05) is 37.2 Å². The van der Waals surface area contributed by atoms with Gasteiger partial charge in [0.1, 0.15) is 5.76 Å². The van der Waals surface area contributed by atoms with E-state index in [1.165, 1.54) is 5.56 Å². The van der Waals surface area contributed by atoms with E-state index in [-0.39, 0.29) is 18.2 Å². The second-order valence-corrected chi connectivity index (χ2v) is 9.88. The smallest absolute Gasteiger partial charge is 0.415 e. The molecule has 1 aromatic carbocycles. The number of nitrogens with zero attached hydrogens (tertiary/aromatic N) is 2. The summed E-state index contributed by atoms with van der Waals surface area (Å²) in [7, 11) is 3.71. The minimum Gasteiger partial charge on any atom is -0.493 e. The van der Waals surface area contributed by atoms with E-state index in [9.17, 15) is 9.90 Å². The van der Waals surface area contributed by atoms with Crippen LogP contribution >= 0.6 is 0 Å². The van der Waals surface area contributed by atoms with Gasteiger partial charge in [-0.3, -0.25) is 0 Å². The molecule has 0 radical (unpaired) electrons. The molecule has 3 heterocycles. The Morgan fingerprint density at radius 2 is 2.22 bits per heavy atom. The highest BCUT2D eigenvalue weighted by atomic mass is 16.6. The van der Waals surface area contributed by atoms with Crippen LogP contribution in [0.25, 0.3) is 0 Å². The number of methoxy groups -OCH3 is 1. The van der Waals surface area contributed by atoms with Gasteiger partial charge in [-0.05, 0) is 57.0 Å². The zero-order valence-corrected chi connectivity index (χ0v) is 18.7. The number of hydrogen-bond acceptors (Lipinski definition) is 7. The van der Waals surface area contributed by atoms with Crippen molar-refractivity contribution in [3.8, 4) is 11.5 Å². The van der Waals surface area contributed by atoms with Gasteiger partial charge in [0.15, 0.2) is 17.6 Å². The van der Waals surface area contributed by atoms with Gasteiger partial charge in [0.05, 0.1) is 18.1 Å². The van der Waals surface area contributed by atoms with Crippen LogP contribution in [0.4, 0.5) is 4.79 Å². The van der Waals surface area contributed by atoms with E-state index in [1.807, 2.05) is 12.1 Å². The van der Waals surface area contributed by atoms with Crippen molar-refractivity contribution in [2.24, 2.45) is 5.73 Å². The Morgan fingerprint density at radius 1 is 1.38 bits per heavy atom. The molecule has 172 valence electrons. The van der Waals surface area contributed by atoms with Crippen LogP contribution in [0.3, 0.4) is 0 Å². The van der Waals surface area contributed by atoms with Crippen LogP contribution in [0, 0.1) is 0 Å². The average Bonchev–Trinajstić information content (AvgIpc) is 3.40. The standard InChI is InChI=1S/C24H31N3O5/c1-26-11-9-23-19-14-5-6-16(30-2)20(19)32-21(23)17(7-8-24(23,29)18(26)12-14)31-22(28)27-10-3-4-15(27)13-25/h5-7,15,18,21,29H,3-4,8-13,25H2,1-2H3/t15?,18-,21+,23+,24-/m1/s1. The number of piperidine rings is 1. The number of amides is 1. The monoisotopic (exact) mass is 441 g/mol. The highest BCUT2D eigenvalue weighted by Gasteiger charge is 2.72. The summed E-state index contributed by atoms with van der Waals surface area (Å²) in [6.45, 7) is 1.92. The molecule has 1 spiro atoms. The second kappa shape index (κ2) is 6.85. The molecule has 3 N–H and O–H groups in total. The van der Waals surface area contributed by atoms with E-state index < -0.39 is 17.1 Å². The maximum absolute atomic E-state index is 13.1. The highest BCUT2D eigenvalue weighted by Crippen LogP contribution is 2.65. The fourth-order valence-corrected chi connectivity index (χ4v) is 7.07. The van der Waals surface area contributed by atoms with Crippen LogP contribution < -0.4 is 15.2 Å². The van der Waals surface area contributed by atoms with Gasteiger partial charge in [-0.15, -0.1) is 0 Å². The number of nitrogens with two attached hydrogens (primary N) is 1. The molecule has 0 aromatic heterocycles. The highest BCUT2D eigenvalue weighted by molar-refractivity contribution is 5.71. The lowest BCUT2D eigenvalue weighted by Crippen LogP contribution is -2.74. The summed E-state index contributed by atoms with van der Waals surface area (Å²) in [5, 5.41) is 12.2. The molecule has 6 rings (SSSR count). The largest absolute Gasteiger partial charge is 0.493 e. The second-order valence-electron chi connectivity index (χ2n) is 9.88. The van der Waals surface area contributed by atoms with Gasteiger partial charge in [-0.2, -0.15) is 0 Å². The van der Waals surface area contributed by atoms with Crippen molar-refractivity contribution in [3.63, 3.8) is 0 Å². The van der Waals surface area contributed by atoms with Crippen LogP contribution in [-0.4, -0.2) is 78.6 Å². The van der Waals surface area contributed by atoms with Gasteiger partial charge < -0.3 is 34.9 Å². The molecular formula is C24H31N3O5. The van der Waals surface area contributed by atoms with Crippen LogP contribution in [0.5, 0.6) is 11.5 Å². The summed E-state index contributed by atoms with van der Waals surface area (Å²) in [4.78, 5) is 17.1. The Hall–Kier alpha value is -2.29. The Morgan fingerprint density at radius 3 is 3.00 bits per heavy atom. The molecule has 2 aliphatic carbocycles. The molecule has 8 nitrogen and oxygen atoms in total. The SMILES string of the molecule is COc1ccc2c3c1O[C@H]1C(OC(=O)N4CCCC4CN)=CC[C@@]4(O)[C@@H](C2)N(C)CC[C@]314. The maximum atomic E-state index is 13.1. The lowest BCUT2D eigenvalue weighted by Gasteiger charge is -2.61. The summed E-state index contributed by atoms with van der Waals surface area (Å²) in [6.07, 6.45) is 4.65. The van der Waals surface area contributed by atoms with Crippen LogP contribution in [0.15, 0.2) is 24.0 Å². The predicted molar refractivity (Wildman–Crippen MR) is 117 cm³/mol. The summed E-state index contributed by atoms with van der Waals surface area (Å²) in [5.74, 6) is 1.83. The molecule has 2 saturated heterocycles. The molecule has 0 saturated carbocycles. The van der Waals surface area contributed by atoms with Gasteiger partial charge in [-0.1, -0.05) is 6.07 Å². The number of hydrogen-bond donors (Lipinski definition) is 2. The number of rotatable bonds is 3. The van der Waals surface area contributed by atoms with Crippen LogP contribution in [-0.2, 0) is 16.6 Å². The third-order valence-corrected chi connectivity index (χ3v) is 8.65. The number of aliphatic hydroxyl groups is 1. The molecule has 3 aliphatic heterocycles. The molecule has 32 heavy (non-hydrogen) atoms. The van der Waals surface area contributed by atoms with E-state index in [0.29, 0.717) is 36.8 Å². The summed E-state index contributed by atoms with van der Waals surface area (Å²) in [6, 6.07) is 4.02. The maximum Gasteiger partial charge on any atom is 0.415 e. The van der Waals surface area contributed by atoms with Crippen molar-refractivity contribution in [2.75, 3.05) is 33.8 Å². The number of benzene rings is 1. The molecular weight excluding hydrogens is 410 g/mol. The fourth-order valence-electron chi connectivity index (χ4n) is 7.07. The molecule has 2 fully saturated rings. The van der Waals surface area contributed by atoms with E-state index in [2.05, 4.69) is 18.0 Å². The summed E-state index contributed by atoms with van der Waals surface area (Å²) in [5.41, 5.74) is 6.42. The van der Waals surface area contributed by atoms with Crippen molar-refractivity contribution in [3.05, 3.63) is 35.1 Å². The van der Waals surface area contributed by atoms with Gasteiger partial charge in [0.2, 0.25) is 0 Å². The van der Waals surface area contributed by atoms with Crippen LogP contribution in [0.2, 0.25) is 0 Å². The van der Waals surface area contributed by atoms with E-state index in [1.54, 1.807) is 12.0 Å². The van der Waals surface area contributed by atoms with Crippen molar-refractivity contribution in [1.29, 1.82) is 0 Å². The topological polar surface area (TPSA) is 97.5 Å². The molecule has 2 bridgehead atoms. The minimum absolute atomic E-state index is 0.0116. The molecule has 8 heteroatoms. The Balaban J connectivity index is 1.44. The molecule has 1 unspecified atom stereocenters.